The Hall–Kier alpha value is -4.27. The van der Waals surface area contributed by atoms with Crippen molar-refractivity contribution in [2.75, 3.05) is 18.5 Å². The molecule has 0 saturated heterocycles. The number of nitrogens with one attached hydrogen (secondary N) is 1. The van der Waals surface area contributed by atoms with Crippen molar-refractivity contribution in [3.8, 4) is 11.4 Å². The summed E-state index contributed by atoms with van der Waals surface area (Å²) < 4.78 is 19.4. The van der Waals surface area contributed by atoms with E-state index < -0.39 is 18.5 Å². The van der Waals surface area contributed by atoms with E-state index in [0.29, 0.717) is 34.9 Å². The van der Waals surface area contributed by atoms with Gasteiger partial charge >= 0.3 is 5.97 Å². The first-order valence-electron chi connectivity index (χ1n) is 10.8. The molecular weight excluding hydrogens is 438 g/mol. The van der Waals surface area contributed by atoms with E-state index in [1.807, 2.05) is 25.1 Å². The quantitative estimate of drug-likeness (QED) is 0.419. The van der Waals surface area contributed by atoms with Gasteiger partial charge < -0.3 is 19.2 Å². The lowest BCUT2D eigenvalue weighted by atomic mass is 10.1. The van der Waals surface area contributed by atoms with Gasteiger partial charge in [-0.2, -0.15) is 0 Å². The van der Waals surface area contributed by atoms with Crippen molar-refractivity contribution < 1.29 is 23.5 Å². The Labute approximate surface area is 195 Å². The molecule has 0 fully saturated rings. The van der Waals surface area contributed by atoms with E-state index in [4.69, 9.17) is 13.9 Å². The number of furan rings is 1. The van der Waals surface area contributed by atoms with E-state index >= 15 is 0 Å². The molecule has 34 heavy (non-hydrogen) atoms. The minimum absolute atomic E-state index is 0.0128. The zero-order valence-electron chi connectivity index (χ0n) is 19.4. The molecule has 0 saturated carbocycles. The number of anilines is 1. The fraction of sp³-hybridized carbons (Fsp3) is 0.240. The van der Waals surface area contributed by atoms with Gasteiger partial charge in [0.1, 0.15) is 17.0 Å². The van der Waals surface area contributed by atoms with Crippen molar-refractivity contribution >= 4 is 28.5 Å². The third kappa shape index (κ3) is 4.19. The van der Waals surface area contributed by atoms with E-state index in [9.17, 15) is 14.4 Å². The molecule has 9 nitrogen and oxygen atoms in total. The molecule has 9 heteroatoms. The molecule has 4 rings (SSSR count). The Balaban J connectivity index is 1.47. The second-order valence-electron chi connectivity index (χ2n) is 7.71. The highest BCUT2D eigenvalue weighted by atomic mass is 16.5. The summed E-state index contributed by atoms with van der Waals surface area (Å²) in [5, 5.41) is 3.29. The lowest BCUT2D eigenvalue weighted by Crippen LogP contribution is -2.25. The molecule has 0 aliphatic carbocycles. The van der Waals surface area contributed by atoms with Crippen molar-refractivity contribution in [1.82, 2.24) is 9.36 Å². The molecule has 1 amide bonds. The number of fused-ring (bicyclic) bond motifs is 1. The maximum absolute atomic E-state index is 12.9. The third-order valence-electron chi connectivity index (χ3n) is 5.56. The SMILES string of the molecule is CCOc1ccc2oc(C(=O)OCC(=O)Nc3c(C)n(C)n(-c4ccccc4)c3=O)c(C)c2c1. The third-order valence-corrected chi connectivity index (χ3v) is 5.56. The Morgan fingerprint density at radius 1 is 1.09 bits per heavy atom. The van der Waals surface area contributed by atoms with Crippen LogP contribution in [0.25, 0.3) is 16.7 Å². The minimum atomic E-state index is -0.770. The van der Waals surface area contributed by atoms with Crippen LogP contribution in [0, 0.1) is 13.8 Å². The average Bonchev–Trinajstić information content (AvgIpc) is 3.27. The first kappa shape index (κ1) is 22.9. The number of hydrogen-bond donors (Lipinski definition) is 1. The number of rotatable bonds is 7. The zero-order chi connectivity index (χ0) is 24.4. The fourth-order valence-corrected chi connectivity index (χ4v) is 3.74. The highest BCUT2D eigenvalue weighted by Crippen LogP contribution is 2.29. The topological polar surface area (TPSA) is 105 Å². The highest BCUT2D eigenvalue weighted by Gasteiger charge is 2.22. The Morgan fingerprint density at radius 3 is 2.53 bits per heavy atom. The van der Waals surface area contributed by atoms with Gasteiger partial charge in [0.25, 0.3) is 11.5 Å². The average molecular weight is 463 g/mol. The van der Waals surface area contributed by atoms with Crippen LogP contribution in [-0.4, -0.2) is 34.5 Å². The normalized spacial score (nSPS) is 10.9. The summed E-state index contributed by atoms with van der Waals surface area (Å²) in [6, 6.07) is 14.3. The number of carbonyl (C=O) groups is 2. The molecule has 0 aliphatic rings. The van der Waals surface area contributed by atoms with Gasteiger partial charge in [0.2, 0.25) is 5.76 Å². The van der Waals surface area contributed by atoms with Crippen LogP contribution < -0.4 is 15.6 Å². The molecule has 0 unspecified atom stereocenters. The van der Waals surface area contributed by atoms with E-state index in [1.54, 1.807) is 55.9 Å². The van der Waals surface area contributed by atoms with Gasteiger partial charge in [-0.1, -0.05) is 18.2 Å². The first-order valence-corrected chi connectivity index (χ1v) is 10.8. The minimum Gasteiger partial charge on any atom is -0.494 e. The summed E-state index contributed by atoms with van der Waals surface area (Å²) in [5.74, 6) is -0.726. The summed E-state index contributed by atoms with van der Waals surface area (Å²) in [5.41, 5.74) is 2.06. The monoisotopic (exact) mass is 463 g/mol. The lowest BCUT2D eigenvalue weighted by molar-refractivity contribution is -0.119. The second kappa shape index (κ2) is 9.30. The Morgan fingerprint density at radius 2 is 1.82 bits per heavy atom. The van der Waals surface area contributed by atoms with Crippen LogP contribution in [0.1, 0.15) is 28.7 Å². The van der Waals surface area contributed by atoms with Gasteiger partial charge in [-0.05, 0) is 51.1 Å². The van der Waals surface area contributed by atoms with Crippen LogP contribution >= 0.6 is 0 Å². The predicted octanol–water partition coefficient (Wildman–Crippen LogP) is 3.73. The maximum atomic E-state index is 12.9. The molecule has 2 aromatic carbocycles. The fourth-order valence-electron chi connectivity index (χ4n) is 3.74. The number of carbonyl (C=O) groups excluding carboxylic acids is 2. The van der Waals surface area contributed by atoms with Crippen molar-refractivity contribution in [2.45, 2.75) is 20.8 Å². The second-order valence-corrected chi connectivity index (χ2v) is 7.71. The van der Waals surface area contributed by atoms with Gasteiger partial charge in [-0.25, -0.2) is 9.48 Å². The van der Waals surface area contributed by atoms with Crippen LogP contribution in [0.15, 0.2) is 57.7 Å². The summed E-state index contributed by atoms with van der Waals surface area (Å²) in [6.45, 7) is 5.28. The Bertz CT molecular complexity index is 1430. The number of para-hydroxylation sites is 1. The van der Waals surface area contributed by atoms with Crippen molar-refractivity contribution in [3.63, 3.8) is 0 Å². The van der Waals surface area contributed by atoms with Crippen molar-refractivity contribution in [2.24, 2.45) is 7.05 Å². The smallest absolute Gasteiger partial charge is 0.375 e. The standard InChI is InChI=1S/C25H25N3O6/c1-5-32-18-11-12-20-19(13-18)15(2)23(34-20)25(31)33-14-21(29)26-22-16(3)27(4)28(24(22)30)17-9-7-6-8-10-17/h6-13H,5,14H2,1-4H3,(H,26,29). The number of amides is 1. The zero-order valence-corrected chi connectivity index (χ0v) is 19.4. The van der Waals surface area contributed by atoms with Gasteiger partial charge in [0.15, 0.2) is 6.61 Å². The number of aryl methyl sites for hydroxylation is 1. The molecule has 0 atom stereocenters. The van der Waals surface area contributed by atoms with E-state index in [2.05, 4.69) is 5.32 Å². The molecule has 0 spiro atoms. The predicted molar refractivity (Wildman–Crippen MR) is 127 cm³/mol. The van der Waals surface area contributed by atoms with E-state index in [0.717, 1.165) is 5.39 Å². The first-order chi connectivity index (χ1) is 16.3. The van der Waals surface area contributed by atoms with Crippen LogP contribution in [0.3, 0.4) is 0 Å². The van der Waals surface area contributed by atoms with Crippen LogP contribution in [0.2, 0.25) is 0 Å². The number of nitrogens with zero attached hydrogens (tertiary/aromatic N) is 2. The van der Waals surface area contributed by atoms with Gasteiger partial charge in [-0.3, -0.25) is 14.3 Å². The van der Waals surface area contributed by atoms with Gasteiger partial charge in [0.05, 0.1) is 18.0 Å². The van der Waals surface area contributed by atoms with E-state index in [-0.39, 0.29) is 17.0 Å². The number of ether oxygens (including phenoxy) is 2. The van der Waals surface area contributed by atoms with Crippen LogP contribution in [0.4, 0.5) is 5.69 Å². The largest absolute Gasteiger partial charge is 0.494 e. The number of benzene rings is 2. The summed E-state index contributed by atoms with van der Waals surface area (Å²) in [4.78, 5) is 38.0. The summed E-state index contributed by atoms with van der Waals surface area (Å²) in [7, 11) is 1.72. The molecule has 0 bridgehead atoms. The molecule has 0 radical (unpaired) electrons. The molecule has 1 N–H and O–H groups in total. The summed E-state index contributed by atoms with van der Waals surface area (Å²) >= 11 is 0. The maximum Gasteiger partial charge on any atom is 0.375 e. The van der Waals surface area contributed by atoms with Gasteiger partial charge in [0, 0.05) is 18.0 Å². The molecule has 176 valence electrons. The number of hydrogen-bond acceptors (Lipinski definition) is 6. The molecule has 2 aromatic heterocycles. The number of esters is 1. The van der Waals surface area contributed by atoms with Crippen LogP contribution in [0.5, 0.6) is 5.75 Å². The summed E-state index contributed by atoms with van der Waals surface area (Å²) in [6.07, 6.45) is 0. The molecular formula is C25H25N3O6. The highest BCUT2D eigenvalue weighted by molar-refractivity contribution is 5.98. The molecule has 2 heterocycles. The van der Waals surface area contributed by atoms with E-state index in [1.165, 1.54) is 4.68 Å². The molecule has 4 aromatic rings. The molecule has 0 aliphatic heterocycles. The van der Waals surface area contributed by atoms with Crippen molar-refractivity contribution in [1.29, 1.82) is 0 Å². The van der Waals surface area contributed by atoms with Gasteiger partial charge in [-0.15, -0.1) is 0 Å². The number of aromatic nitrogens is 2. The Kier molecular flexibility index (Phi) is 6.27. The van der Waals surface area contributed by atoms with Crippen molar-refractivity contribution in [3.05, 3.63) is 75.9 Å². The van der Waals surface area contributed by atoms with Crippen LogP contribution in [-0.2, 0) is 16.6 Å². The lowest BCUT2D eigenvalue weighted by Gasteiger charge is -2.07.